The van der Waals surface area contributed by atoms with Gasteiger partial charge in [0.2, 0.25) is 11.8 Å². The summed E-state index contributed by atoms with van der Waals surface area (Å²) >= 11 is 0. The third kappa shape index (κ3) is 4.36. The molecule has 0 saturated carbocycles. The van der Waals surface area contributed by atoms with Gasteiger partial charge in [-0.15, -0.1) is 0 Å². The number of likely N-dealkylation sites (tertiary alicyclic amines) is 2. The van der Waals surface area contributed by atoms with E-state index in [4.69, 9.17) is 9.97 Å². The predicted molar refractivity (Wildman–Crippen MR) is 116 cm³/mol. The van der Waals surface area contributed by atoms with E-state index in [1.54, 1.807) is 0 Å². The number of fused-ring (bicyclic) bond motifs is 1. The van der Waals surface area contributed by atoms with Crippen LogP contribution in [0.3, 0.4) is 0 Å². The molecule has 164 valence electrons. The van der Waals surface area contributed by atoms with Gasteiger partial charge in [-0.3, -0.25) is 19.4 Å². The maximum atomic E-state index is 12.7. The molecule has 1 unspecified atom stereocenters. The summed E-state index contributed by atoms with van der Waals surface area (Å²) in [6, 6.07) is 0.0598. The van der Waals surface area contributed by atoms with Gasteiger partial charge < -0.3 is 4.90 Å². The second kappa shape index (κ2) is 9.00. The number of aryl methyl sites for hydroxylation is 1. The Morgan fingerprint density at radius 1 is 1.10 bits per heavy atom. The normalized spacial score (nSPS) is 22.3. The van der Waals surface area contributed by atoms with Crippen LogP contribution in [-0.2, 0) is 16.0 Å². The molecule has 7 heteroatoms. The number of hydrogen-bond acceptors (Lipinski definition) is 5. The molecule has 0 radical (unpaired) electrons. The van der Waals surface area contributed by atoms with Crippen LogP contribution in [0.5, 0.6) is 0 Å². The van der Waals surface area contributed by atoms with E-state index in [2.05, 4.69) is 18.7 Å². The zero-order chi connectivity index (χ0) is 21.3. The van der Waals surface area contributed by atoms with Crippen molar-refractivity contribution in [2.75, 3.05) is 37.6 Å². The van der Waals surface area contributed by atoms with Crippen molar-refractivity contribution in [2.24, 2.45) is 5.92 Å². The highest BCUT2D eigenvalue weighted by Crippen LogP contribution is 2.34. The summed E-state index contributed by atoms with van der Waals surface area (Å²) < 4.78 is 0. The highest BCUT2D eigenvalue weighted by atomic mass is 16.2. The first-order chi connectivity index (χ1) is 14.4. The van der Waals surface area contributed by atoms with Crippen LogP contribution in [0.15, 0.2) is 0 Å². The third-order valence-corrected chi connectivity index (χ3v) is 6.74. The van der Waals surface area contributed by atoms with Crippen molar-refractivity contribution in [2.45, 2.75) is 71.8 Å². The molecule has 4 rings (SSSR count). The summed E-state index contributed by atoms with van der Waals surface area (Å²) in [5.74, 6) is 2.52. The standard InChI is InChI=1S/C23H35N5O2/c1-16(2)10-14-28-20(29)9-8-18-17(3)24-22(25-23(18)28)19-7-6-13-27(19)15-21(30)26-11-4-5-12-26/h16,19H,4-15H2,1-3H3. The number of carbonyl (C=O) groups is 2. The molecule has 0 aliphatic carbocycles. The highest BCUT2D eigenvalue weighted by Gasteiger charge is 2.34. The Kier molecular flexibility index (Phi) is 6.37. The fourth-order valence-corrected chi connectivity index (χ4v) is 4.92. The van der Waals surface area contributed by atoms with Crippen LogP contribution < -0.4 is 4.90 Å². The second-order valence-corrected chi connectivity index (χ2v) is 9.41. The SMILES string of the molecule is Cc1nc(C2CCCN2CC(=O)N2CCCC2)nc2c1CCC(=O)N2CCC(C)C. The minimum Gasteiger partial charge on any atom is -0.342 e. The first kappa shape index (κ1) is 21.2. The van der Waals surface area contributed by atoms with Crippen molar-refractivity contribution < 1.29 is 9.59 Å². The molecule has 7 nitrogen and oxygen atoms in total. The Hall–Kier alpha value is -2.02. The maximum absolute atomic E-state index is 12.7. The molecule has 4 heterocycles. The predicted octanol–water partition coefficient (Wildman–Crippen LogP) is 2.87. The molecular weight excluding hydrogens is 378 g/mol. The summed E-state index contributed by atoms with van der Waals surface area (Å²) in [4.78, 5) is 41.3. The second-order valence-electron chi connectivity index (χ2n) is 9.41. The maximum Gasteiger partial charge on any atom is 0.236 e. The molecule has 1 aromatic heterocycles. The summed E-state index contributed by atoms with van der Waals surface area (Å²) in [6.45, 7) is 10.2. The lowest BCUT2D eigenvalue weighted by Crippen LogP contribution is -2.40. The third-order valence-electron chi connectivity index (χ3n) is 6.74. The number of carbonyl (C=O) groups excluding carboxylic acids is 2. The van der Waals surface area contributed by atoms with Crippen LogP contribution in [0.4, 0.5) is 5.82 Å². The molecule has 2 amide bonds. The molecule has 0 aromatic carbocycles. The lowest BCUT2D eigenvalue weighted by atomic mass is 10.0. The smallest absolute Gasteiger partial charge is 0.236 e. The molecule has 1 aromatic rings. The zero-order valence-electron chi connectivity index (χ0n) is 18.7. The number of hydrogen-bond donors (Lipinski definition) is 0. The van der Waals surface area contributed by atoms with Crippen molar-refractivity contribution in [1.82, 2.24) is 19.8 Å². The fraction of sp³-hybridized carbons (Fsp3) is 0.739. The van der Waals surface area contributed by atoms with E-state index in [1.165, 1.54) is 0 Å². The van der Waals surface area contributed by atoms with Crippen LogP contribution >= 0.6 is 0 Å². The molecule has 3 aliphatic heterocycles. The van der Waals surface area contributed by atoms with Gasteiger partial charge in [-0.1, -0.05) is 13.8 Å². The summed E-state index contributed by atoms with van der Waals surface area (Å²) in [6.07, 6.45) is 6.46. The van der Waals surface area contributed by atoms with E-state index in [9.17, 15) is 9.59 Å². The molecule has 2 fully saturated rings. The number of rotatable bonds is 6. The van der Waals surface area contributed by atoms with Gasteiger partial charge in [-0.25, -0.2) is 9.97 Å². The van der Waals surface area contributed by atoms with Crippen LogP contribution in [0.2, 0.25) is 0 Å². The zero-order valence-corrected chi connectivity index (χ0v) is 18.7. The van der Waals surface area contributed by atoms with Gasteiger partial charge in [0.1, 0.15) is 11.6 Å². The molecule has 0 bridgehead atoms. The fourth-order valence-electron chi connectivity index (χ4n) is 4.92. The number of nitrogens with zero attached hydrogens (tertiary/aromatic N) is 5. The van der Waals surface area contributed by atoms with Crippen LogP contribution in [-0.4, -0.2) is 64.3 Å². The van der Waals surface area contributed by atoms with Crippen LogP contribution in [0, 0.1) is 12.8 Å². The van der Waals surface area contributed by atoms with E-state index < -0.39 is 0 Å². The topological polar surface area (TPSA) is 69.6 Å². The lowest BCUT2D eigenvalue weighted by molar-refractivity contribution is -0.131. The average Bonchev–Trinajstić information content (AvgIpc) is 3.39. The molecular formula is C23H35N5O2. The summed E-state index contributed by atoms with van der Waals surface area (Å²) in [7, 11) is 0. The summed E-state index contributed by atoms with van der Waals surface area (Å²) in [5.41, 5.74) is 2.09. The molecule has 2 saturated heterocycles. The first-order valence-electron chi connectivity index (χ1n) is 11.6. The lowest BCUT2D eigenvalue weighted by Gasteiger charge is -2.31. The Labute approximate surface area is 179 Å². The van der Waals surface area contributed by atoms with E-state index in [0.29, 0.717) is 25.4 Å². The number of anilines is 1. The Bertz CT molecular complexity index is 803. The van der Waals surface area contributed by atoms with Gasteiger partial charge in [-0.05, 0) is 57.9 Å². The van der Waals surface area contributed by atoms with Gasteiger partial charge in [0.05, 0.1) is 12.6 Å². The molecule has 30 heavy (non-hydrogen) atoms. The monoisotopic (exact) mass is 413 g/mol. The highest BCUT2D eigenvalue weighted by molar-refractivity contribution is 5.95. The number of aromatic nitrogens is 2. The quantitative estimate of drug-likeness (QED) is 0.717. The van der Waals surface area contributed by atoms with Crippen molar-refractivity contribution >= 4 is 17.6 Å². The van der Waals surface area contributed by atoms with Crippen LogP contribution in [0.25, 0.3) is 0 Å². The molecule has 3 aliphatic rings. The van der Waals surface area contributed by atoms with E-state index in [0.717, 1.165) is 81.1 Å². The van der Waals surface area contributed by atoms with Gasteiger partial charge in [-0.2, -0.15) is 0 Å². The van der Waals surface area contributed by atoms with Crippen molar-refractivity contribution in [3.63, 3.8) is 0 Å². The van der Waals surface area contributed by atoms with E-state index in [-0.39, 0.29) is 17.9 Å². The Morgan fingerprint density at radius 2 is 1.87 bits per heavy atom. The van der Waals surface area contributed by atoms with Crippen LogP contribution in [0.1, 0.15) is 75.5 Å². The molecule has 0 spiro atoms. The van der Waals surface area contributed by atoms with Crippen molar-refractivity contribution in [1.29, 1.82) is 0 Å². The Balaban J connectivity index is 1.57. The minimum absolute atomic E-state index is 0.0598. The Morgan fingerprint density at radius 3 is 2.60 bits per heavy atom. The molecule has 1 atom stereocenters. The van der Waals surface area contributed by atoms with Gasteiger partial charge in [0.25, 0.3) is 0 Å². The minimum atomic E-state index is 0.0598. The van der Waals surface area contributed by atoms with E-state index >= 15 is 0 Å². The number of amides is 2. The summed E-state index contributed by atoms with van der Waals surface area (Å²) in [5, 5.41) is 0. The largest absolute Gasteiger partial charge is 0.342 e. The first-order valence-corrected chi connectivity index (χ1v) is 11.6. The van der Waals surface area contributed by atoms with Gasteiger partial charge in [0.15, 0.2) is 0 Å². The van der Waals surface area contributed by atoms with Crippen molar-refractivity contribution in [3.8, 4) is 0 Å². The van der Waals surface area contributed by atoms with Gasteiger partial charge >= 0.3 is 0 Å². The van der Waals surface area contributed by atoms with Crippen molar-refractivity contribution in [3.05, 3.63) is 17.1 Å². The van der Waals surface area contributed by atoms with Gasteiger partial charge in [0, 0.05) is 37.3 Å². The van der Waals surface area contributed by atoms with E-state index in [1.807, 2.05) is 16.7 Å². The average molecular weight is 414 g/mol. The molecule has 0 N–H and O–H groups in total.